The van der Waals surface area contributed by atoms with Crippen LogP contribution in [0.1, 0.15) is 19.8 Å². The van der Waals surface area contributed by atoms with E-state index in [1.165, 1.54) is 12.8 Å². The number of rotatable bonds is 3. The van der Waals surface area contributed by atoms with Crippen LogP contribution in [0.15, 0.2) is 0 Å². The molecule has 0 atom stereocenters. The third-order valence-corrected chi connectivity index (χ3v) is 1.39. The van der Waals surface area contributed by atoms with E-state index in [9.17, 15) is 0 Å². The van der Waals surface area contributed by atoms with Crippen molar-refractivity contribution in [3.05, 3.63) is 0 Å². The molecule has 0 saturated carbocycles. The molecule has 0 saturated heterocycles. The van der Waals surface area contributed by atoms with Crippen LogP contribution in [0.3, 0.4) is 0 Å². The zero-order chi connectivity index (χ0) is 4.83. The van der Waals surface area contributed by atoms with Crippen LogP contribution >= 0.6 is 0 Å². The standard InChI is InChI=1S/C4H9O.Pb/c1-2-3-4-5;/h2-4H2,1H3;/q-1;+1. The van der Waals surface area contributed by atoms with Gasteiger partial charge in [-0.3, -0.25) is 0 Å². The Morgan fingerprint density at radius 2 is 2.33 bits per heavy atom. The Balaban J connectivity index is 2.34. The Morgan fingerprint density at radius 1 is 1.67 bits per heavy atom. The average molecular weight is 280 g/mol. The third-order valence-electron chi connectivity index (χ3n) is 0.600. The Kier molecular flexibility index (Phi) is 6.75. The minimum absolute atomic E-state index is 0.903. The molecule has 0 spiro atoms. The van der Waals surface area contributed by atoms with E-state index in [4.69, 9.17) is 2.69 Å². The molecule has 0 bridgehead atoms. The molecule has 0 aromatic rings. The van der Waals surface area contributed by atoms with E-state index in [2.05, 4.69) is 6.92 Å². The second-order valence-corrected chi connectivity index (χ2v) is 2.32. The van der Waals surface area contributed by atoms with Crippen LogP contribution in [-0.2, 0) is 2.69 Å². The van der Waals surface area contributed by atoms with E-state index in [1.807, 2.05) is 0 Å². The van der Waals surface area contributed by atoms with Crippen molar-refractivity contribution in [1.29, 1.82) is 0 Å². The Morgan fingerprint density at radius 3 is 2.50 bits per heavy atom. The molecule has 0 heterocycles. The zero-order valence-electron chi connectivity index (χ0n) is 4.03. The molecule has 0 N–H and O–H groups in total. The quantitative estimate of drug-likeness (QED) is 0.551. The molecule has 0 amide bonds. The first kappa shape index (κ1) is 6.88. The van der Waals surface area contributed by atoms with Gasteiger partial charge in [-0.25, -0.2) is 0 Å². The summed E-state index contributed by atoms with van der Waals surface area (Å²) in [7, 11) is 0. The number of hydrogen-bond acceptors (Lipinski definition) is 1. The van der Waals surface area contributed by atoms with Crippen molar-refractivity contribution in [2.24, 2.45) is 0 Å². The Labute approximate surface area is 55.4 Å². The van der Waals surface area contributed by atoms with Crippen molar-refractivity contribution in [3.8, 4) is 0 Å². The summed E-state index contributed by atoms with van der Waals surface area (Å²) in [6, 6.07) is 0. The van der Waals surface area contributed by atoms with Crippen LogP contribution in [0.25, 0.3) is 0 Å². The minimum atomic E-state index is 0.903. The first-order valence-electron chi connectivity index (χ1n) is 2.20. The van der Waals surface area contributed by atoms with Crippen molar-refractivity contribution in [1.82, 2.24) is 0 Å². The third kappa shape index (κ3) is 4.88. The molecular formula is C4H9OPb. The van der Waals surface area contributed by atoms with E-state index in [0.29, 0.717) is 0 Å². The molecule has 0 aliphatic carbocycles. The maximum absolute atomic E-state index is 4.92. The van der Waals surface area contributed by atoms with E-state index in [0.717, 1.165) is 32.8 Å². The van der Waals surface area contributed by atoms with Gasteiger partial charge < -0.3 is 0 Å². The fraction of sp³-hybridized carbons (Fsp3) is 1.00. The number of unbranched alkanes of at least 4 members (excludes halogenated alkanes) is 1. The second kappa shape index (κ2) is 5.88. The van der Waals surface area contributed by atoms with Gasteiger partial charge in [-0.2, -0.15) is 0 Å². The van der Waals surface area contributed by atoms with E-state index in [-0.39, 0.29) is 0 Å². The summed E-state index contributed by atoms with van der Waals surface area (Å²) in [4.78, 5) is 0. The van der Waals surface area contributed by atoms with Crippen molar-refractivity contribution in [2.75, 3.05) is 6.61 Å². The van der Waals surface area contributed by atoms with Crippen molar-refractivity contribution >= 4 is 26.2 Å². The van der Waals surface area contributed by atoms with Gasteiger partial charge >= 0.3 is 55.3 Å². The molecule has 6 heavy (non-hydrogen) atoms. The Hall–Kier alpha value is 0.882. The predicted molar refractivity (Wildman–Crippen MR) is 26.6 cm³/mol. The topological polar surface area (TPSA) is 9.23 Å². The van der Waals surface area contributed by atoms with Crippen LogP contribution in [0.2, 0.25) is 0 Å². The molecule has 3 radical (unpaired) electrons. The number of hydrogen-bond donors (Lipinski definition) is 0. The van der Waals surface area contributed by atoms with Gasteiger partial charge in [0.2, 0.25) is 0 Å². The van der Waals surface area contributed by atoms with Gasteiger partial charge in [0.15, 0.2) is 0 Å². The van der Waals surface area contributed by atoms with Crippen LogP contribution < -0.4 is 0 Å². The van der Waals surface area contributed by atoms with E-state index >= 15 is 0 Å². The molecule has 0 aliphatic rings. The molecule has 0 aliphatic heterocycles. The van der Waals surface area contributed by atoms with Crippen molar-refractivity contribution in [2.45, 2.75) is 19.8 Å². The molecule has 0 unspecified atom stereocenters. The molecule has 2 heteroatoms. The van der Waals surface area contributed by atoms with E-state index < -0.39 is 0 Å². The molecule has 1 nitrogen and oxygen atoms in total. The van der Waals surface area contributed by atoms with Gasteiger partial charge in [-0.15, -0.1) is 0 Å². The van der Waals surface area contributed by atoms with Gasteiger partial charge in [0.05, 0.1) is 0 Å². The first-order valence-corrected chi connectivity index (χ1v) is 3.79. The van der Waals surface area contributed by atoms with Gasteiger partial charge in [-0.05, 0) is 0 Å². The van der Waals surface area contributed by atoms with Gasteiger partial charge in [0, 0.05) is 0 Å². The molecule has 0 rings (SSSR count). The summed E-state index contributed by atoms with van der Waals surface area (Å²) in [5.41, 5.74) is 0. The van der Waals surface area contributed by atoms with E-state index in [1.54, 1.807) is 0 Å². The van der Waals surface area contributed by atoms with Crippen LogP contribution in [0.4, 0.5) is 0 Å². The fourth-order valence-electron chi connectivity index (χ4n) is 0.217. The molecular weight excluding hydrogens is 271 g/mol. The van der Waals surface area contributed by atoms with Gasteiger partial charge in [-0.1, -0.05) is 0 Å². The molecule has 0 aromatic carbocycles. The molecule has 0 fully saturated rings. The molecule has 35 valence electrons. The monoisotopic (exact) mass is 281 g/mol. The summed E-state index contributed by atoms with van der Waals surface area (Å²) in [5.74, 6) is 0. The van der Waals surface area contributed by atoms with Crippen molar-refractivity contribution in [3.63, 3.8) is 0 Å². The summed E-state index contributed by atoms with van der Waals surface area (Å²) >= 11 is 0.903. The normalized spacial score (nSPS) is 9.00. The first-order chi connectivity index (χ1) is 2.91. The summed E-state index contributed by atoms with van der Waals surface area (Å²) in [5, 5.41) is 0. The summed E-state index contributed by atoms with van der Waals surface area (Å²) in [6.45, 7) is 3.14. The average Bonchev–Trinajstić information content (AvgIpc) is 1.61. The predicted octanol–water partition coefficient (Wildman–Crippen LogP) is 0.887. The van der Waals surface area contributed by atoms with Crippen LogP contribution in [0.5, 0.6) is 0 Å². The van der Waals surface area contributed by atoms with Crippen LogP contribution in [0, 0.1) is 0 Å². The zero-order valence-corrected chi connectivity index (χ0v) is 7.92. The summed E-state index contributed by atoms with van der Waals surface area (Å²) < 4.78 is 4.92. The molecule has 0 aromatic heterocycles. The van der Waals surface area contributed by atoms with Gasteiger partial charge in [0.25, 0.3) is 0 Å². The van der Waals surface area contributed by atoms with Crippen LogP contribution in [-0.4, -0.2) is 32.8 Å². The SMILES string of the molecule is CCCC[O][Pb]. The maximum atomic E-state index is 4.92. The second-order valence-electron chi connectivity index (χ2n) is 1.20. The Bertz CT molecular complexity index is 19.5. The fourth-order valence-corrected chi connectivity index (χ4v) is 0.778. The van der Waals surface area contributed by atoms with Gasteiger partial charge in [0.1, 0.15) is 0 Å². The van der Waals surface area contributed by atoms with Crippen molar-refractivity contribution < 1.29 is 2.69 Å². The summed E-state index contributed by atoms with van der Waals surface area (Å²) in [6.07, 6.45) is 2.48.